The van der Waals surface area contributed by atoms with Crippen LogP contribution in [0.3, 0.4) is 0 Å². The molecule has 0 heterocycles. The van der Waals surface area contributed by atoms with Crippen LogP contribution in [0, 0.1) is 11.3 Å². The topological polar surface area (TPSA) is 91.7 Å². The molecule has 0 fully saturated rings. The van der Waals surface area contributed by atoms with Crippen LogP contribution in [0.4, 0.5) is 50.9 Å². The zero-order chi connectivity index (χ0) is 33.9. The third-order valence-electron chi connectivity index (χ3n) is 6.24. The molecule has 240 valence electrons. The summed E-state index contributed by atoms with van der Waals surface area (Å²) in [6.07, 6.45) is -13.1. The average molecular weight is 712 g/mol. The van der Waals surface area contributed by atoms with Crippen LogP contribution >= 0.6 is 15.9 Å². The van der Waals surface area contributed by atoms with Gasteiger partial charge in [0.05, 0.1) is 35.7 Å². The first-order chi connectivity index (χ1) is 20.9. The molecule has 3 rings (SSSR count). The number of methoxy groups -OCH3 is 1. The predicted molar refractivity (Wildman–Crippen MR) is 145 cm³/mol. The lowest BCUT2D eigenvalue weighted by atomic mass is 9.93. The molecular formula is C28H19BrF9N3O4. The van der Waals surface area contributed by atoms with Crippen LogP contribution in [-0.4, -0.2) is 44.4 Å². The van der Waals surface area contributed by atoms with Crippen molar-refractivity contribution in [3.8, 4) is 17.6 Å². The molecule has 0 radical (unpaired) electrons. The number of para-hydroxylation sites is 1. The number of carbonyl (C=O) groups excluding carboxylic acids is 2. The first-order valence-corrected chi connectivity index (χ1v) is 13.1. The largest absolute Gasteiger partial charge is 0.494 e. The summed E-state index contributed by atoms with van der Waals surface area (Å²) in [5, 5.41) is 11.0. The summed E-state index contributed by atoms with van der Waals surface area (Å²) in [4.78, 5) is 27.8. The van der Waals surface area contributed by atoms with E-state index in [9.17, 15) is 49.1 Å². The van der Waals surface area contributed by atoms with Gasteiger partial charge in [-0.2, -0.15) is 40.4 Å². The van der Waals surface area contributed by atoms with Gasteiger partial charge in [0.25, 0.3) is 11.8 Å². The van der Waals surface area contributed by atoms with E-state index in [0.717, 1.165) is 13.2 Å². The van der Waals surface area contributed by atoms with Crippen molar-refractivity contribution in [2.24, 2.45) is 0 Å². The summed E-state index contributed by atoms with van der Waals surface area (Å²) >= 11 is 2.61. The Kier molecular flexibility index (Phi) is 10.3. The summed E-state index contributed by atoms with van der Waals surface area (Å²) in [6.45, 7) is -2.20. The summed E-state index contributed by atoms with van der Waals surface area (Å²) in [5.41, 5.74) is -8.88. The van der Waals surface area contributed by atoms with Crippen LogP contribution in [0.5, 0.6) is 11.5 Å². The van der Waals surface area contributed by atoms with Crippen molar-refractivity contribution < 1.29 is 58.6 Å². The lowest BCUT2D eigenvalue weighted by Crippen LogP contribution is -2.50. The van der Waals surface area contributed by atoms with E-state index in [1.165, 1.54) is 41.3 Å². The van der Waals surface area contributed by atoms with Crippen molar-refractivity contribution in [2.45, 2.75) is 31.6 Å². The van der Waals surface area contributed by atoms with Gasteiger partial charge in [-0.25, -0.2) is 4.39 Å². The van der Waals surface area contributed by atoms with E-state index >= 15 is 0 Å². The fourth-order valence-electron chi connectivity index (χ4n) is 4.16. The standard InChI is InChI=1S/C28H19BrF9N3O4/c1-3-41(24(43)15-9-7-14(13-39)8-10-15)19-6-4-5-17(22(19)44-2)23(42)40-21-18(29)11-16(12-20(21)45-25(30)31)26(32,27(33,34)35)28(36,37)38/h4-12,25H,3H2,1-2H3,(H,40,42). The van der Waals surface area contributed by atoms with Gasteiger partial charge in [-0.1, -0.05) is 6.07 Å². The number of nitrogens with one attached hydrogen (secondary N) is 1. The van der Waals surface area contributed by atoms with Gasteiger partial charge in [0.1, 0.15) is 0 Å². The lowest BCUT2D eigenvalue weighted by molar-refractivity contribution is -0.348. The maximum atomic E-state index is 14.7. The number of alkyl halides is 9. The average Bonchev–Trinajstić information content (AvgIpc) is 2.96. The summed E-state index contributed by atoms with van der Waals surface area (Å²) in [6, 6.07) is 11.1. The van der Waals surface area contributed by atoms with Gasteiger partial charge in [0.15, 0.2) is 11.5 Å². The van der Waals surface area contributed by atoms with Gasteiger partial charge in [-0.15, -0.1) is 0 Å². The number of ether oxygens (including phenoxy) is 2. The number of amides is 2. The van der Waals surface area contributed by atoms with Gasteiger partial charge >= 0.3 is 24.6 Å². The Bertz CT molecular complexity index is 1610. The molecule has 0 aliphatic heterocycles. The van der Waals surface area contributed by atoms with E-state index in [1.54, 1.807) is 6.92 Å². The smallest absolute Gasteiger partial charge is 0.435 e. The van der Waals surface area contributed by atoms with Crippen molar-refractivity contribution in [1.29, 1.82) is 5.26 Å². The van der Waals surface area contributed by atoms with Gasteiger partial charge in [-0.05, 0) is 71.4 Å². The highest BCUT2D eigenvalue weighted by Crippen LogP contribution is 2.55. The minimum Gasteiger partial charge on any atom is -0.494 e. The maximum absolute atomic E-state index is 14.7. The van der Waals surface area contributed by atoms with E-state index in [4.69, 9.17) is 10.00 Å². The predicted octanol–water partition coefficient (Wildman–Crippen LogP) is 8.14. The van der Waals surface area contributed by atoms with E-state index in [-0.39, 0.29) is 46.8 Å². The molecule has 3 aromatic rings. The molecule has 7 nitrogen and oxygen atoms in total. The molecule has 0 unspecified atom stereocenters. The number of nitriles is 1. The summed E-state index contributed by atoms with van der Waals surface area (Å²) in [5.74, 6) is -3.44. The first-order valence-electron chi connectivity index (χ1n) is 12.3. The van der Waals surface area contributed by atoms with E-state index in [0.29, 0.717) is 0 Å². The molecule has 0 aliphatic carbocycles. The fourth-order valence-corrected chi connectivity index (χ4v) is 4.70. The number of anilines is 2. The molecule has 0 bridgehead atoms. The van der Waals surface area contributed by atoms with Gasteiger partial charge < -0.3 is 19.7 Å². The Balaban J connectivity index is 2.10. The third-order valence-corrected chi connectivity index (χ3v) is 6.87. The Morgan fingerprint density at radius 2 is 1.60 bits per heavy atom. The molecule has 1 N–H and O–H groups in total. The fraction of sp³-hybridized carbons (Fsp3) is 0.250. The van der Waals surface area contributed by atoms with Crippen LogP contribution in [0.15, 0.2) is 59.1 Å². The molecule has 0 aromatic heterocycles. The zero-order valence-electron chi connectivity index (χ0n) is 22.8. The van der Waals surface area contributed by atoms with E-state index in [1.807, 2.05) is 11.4 Å². The number of hydrogen-bond donors (Lipinski definition) is 1. The summed E-state index contributed by atoms with van der Waals surface area (Å²) < 4.78 is 130. The molecular weight excluding hydrogens is 693 g/mol. The molecule has 3 aromatic carbocycles. The SMILES string of the molecule is CCN(C(=O)c1ccc(C#N)cc1)c1cccc(C(=O)Nc2c(Br)cc(C(F)(C(F)(F)F)C(F)(F)F)cc2OC(F)F)c1OC. The number of benzene rings is 3. The van der Waals surface area contributed by atoms with Crippen LogP contribution in [-0.2, 0) is 5.67 Å². The second kappa shape index (κ2) is 13.3. The Morgan fingerprint density at radius 3 is 2.09 bits per heavy atom. The molecule has 0 saturated heterocycles. The Hall–Kier alpha value is -4.46. The Labute approximate surface area is 257 Å². The first kappa shape index (κ1) is 35.0. The highest BCUT2D eigenvalue weighted by atomic mass is 79.9. The number of halogens is 10. The van der Waals surface area contributed by atoms with Gasteiger partial charge in [0, 0.05) is 22.1 Å². The molecule has 0 spiro atoms. The van der Waals surface area contributed by atoms with Crippen LogP contribution in [0.2, 0.25) is 0 Å². The minimum atomic E-state index is -6.56. The zero-order valence-corrected chi connectivity index (χ0v) is 24.4. The maximum Gasteiger partial charge on any atom is 0.435 e. The highest BCUT2D eigenvalue weighted by Gasteiger charge is 2.73. The Morgan fingerprint density at radius 1 is 1.00 bits per heavy atom. The third kappa shape index (κ3) is 6.95. The molecule has 17 heteroatoms. The number of rotatable bonds is 9. The van der Waals surface area contributed by atoms with Crippen molar-refractivity contribution in [1.82, 2.24) is 0 Å². The van der Waals surface area contributed by atoms with E-state index in [2.05, 4.69) is 20.7 Å². The second-order valence-electron chi connectivity index (χ2n) is 8.91. The molecule has 45 heavy (non-hydrogen) atoms. The molecule has 0 atom stereocenters. The quantitative estimate of drug-likeness (QED) is 0.226. The second-order valence-corrected chi connectivity index (χ2v) is 9.77. The number of hydrogen-bond acceptors (Lipinski definition) is 5. The van der Waals surface area contributed by atoms with Crippen LogP contribution in [0.25, 0.3) is 0 Å². The number of nitrogens with zero attached hydrogens (tertiary/aromatic N) is 2. The monoisotopic (exact) mass is 711 g/mol. The van der Waals surface area contributed by atoms with Crippen molar-refractivity contribution >= 4 is 39.1 Å². The van der Waals surface area contributed by atoms with Gasteiger partial charge in [0.2, 0.25) is 0 Å². The number of carbonyl (C=O) groups is 2. The van der Waals surface area contributed by atoms with Crippen molar-refractivity contribution in [2.75, 3.05) is 23.9 Å². The highest BCUT2D eigenvalue weighted by molar-refractivity contribution is 9.10. The lowest BCUT2D eigenvalue weighted by Gasteiger charge is -2.31. The van der Waals surface area contributed by atoms with Crippen molar-refractivity contribution in [3.63, 3.8) is 0 Å². The van der Waals surface area contributed by atoms with Crippen LogP contribution in [0.1, 0.15) is 38.8 Å². The van der Waals surface area contributed by atoms with Crippen LogP contribution < -0.4 is 19.7 Å². The summed E-state index contributed by atoms with van der Waals surface area (Å²) in [7, 11) is 1.13. The van der Waals surface area contributed by atoms with E-state index < -0.39 is 57.9 Å². The van der Waals surface area contributed by atoms with Crippen molar-refractivity contribution in [3.05, 3.63) is 81.3 Å². The molecule has 0 aliphatic rings. The molecule has 0 saturated carbocycles. The minimum absolute atomic E-state index is 0.0116. The normalized spacial score (nSPS) is 12.0. The molecule has 2 amide bonds. The van der Waals surface area contributed by atoms with Gasteiger partial charge in [-0.3, -0.25) is 9.59 Å².